The Morgan fingerprint density at radius 1 is 1.10 bits per heavy atom. The molecule has 0 aliphatic rings. The summed E-state index contributed by atoms with van der Waals surface area (Å²) in [4.78, 5) is 5.00. The van der Waals surface area contributed by atoms with Crippen molar-refractivity contribution >= 4 is 17.6 Å². The average molecular weight is 413 g/mol. The first-order valence-corrected chi connectivity index (χ1v) is 9.85. The van der Waals surface area contributed by atoms with E-state index in [0.29, 0.717) is 34.2 Å². The van der Waals surface area contributed by atoms with E-state index in [1.807, 2.05) is 30.5 Å². The normalized spacial score (nSPS) is 11.8. The third-order valence-electron chi connectivity index (χ3n) is 4.18. The lowest BCUT2D eigenvalue weighted by Crippen LogP contribution is -2.11. The Morgan fingerprint density at radius 2 is 1.90 bits per heavy atom. The number of ether oxygens (including phenoxy) is 3. The predicted octanol–water partition coefficient (Wildman–Crippen LogP) is 3.75. The molecular weight excluding hydrogens is 390 g/mol. The molecule has 152 valence electrons. The molecule has 0 fully saturated rings. The van der Waals surface area contributed by atoms with Crippen LogP contribution < -0.4 is 19.0 Å². The summed E-state index contributed by atoms with van der Waals surface area (Å²) in [6.07, 6.45) is 1.59. The zero-order chi connectivity index (χ0) is 20.8. The predicted molar refractivity (Wildman–Crippen MR) is 115 cm³/mol. The van der Waals surface area contributed by atoms with E-state index in [1.54, 1.807) is 50.4 Å². The van der Waals surface area contributed by atoms with E-state index >= 15 is 0 Å². The molecule has 0 saturated carbocycles. The van der Waals surface area contributed by atoms with Crippen molar-refractivity contribution < 1.29 is 19.3 Å². The molecule has 0 radical (unpaired) electrons. The minimum absolute atomic E-state index is 0.0889. The highest BCUT2D eigenvalue weighted by Gasteiger charge is 2.14. The third kappa shape index (κ3) is 4.43. The van der Waals surface area contributed by atoms with Crippen LogP contribution in [0.4, 0.5) is 0 Å². The second-order valence-corrected chi connectivity index (χ2v) is 6.74. The number of phenolic OH excluding ortho intramolecular Hbond substituents is 1. The lowest BCUT2D eigenvalue weighted by Gasteiger charge is -2.11. The highest BCUT2D eigenvalue weighted by molar-refractivity contribution is 7.07. The SMILES string of the molecule is CCOc1ccc(C=Nn2c(-c3cc(OC)ccc3OC)csc2=NC)c(O)c1. The summed E-state index contributed by atoms with van der Waals surface area (Å²) < 4.78 is 18.0. The topological polar surface area (TPSA) is 77.6 Å². The van der Waals surface area contributed by atoms with Gasteiger partial charge in [0.05, 0.1) is 32.7 Å². The largest absolute Gasteiger partial charge is 0.507 e. The molecule has 0 aliphatic carbocycles. The van der Waals surface area contributed by atoms with Crippen LogP contribution in [0.2, 0.25) is 0 Å². The molecule has 0 bridgehead atoms. The Bertz CT molecular complexity index is 1090. The summed E-state index contributed by atoms with van der Waals surface area (Å²) in [7, 11) is 4.94. The van der Waals surface area contributed by atoms with E-state index in [1.165, 1.54) is 11.3 Å². The first-order chi connectivity index (χ1) is 14.1. The van der Waals surface area contributed by atoms with Crippen molar-refractivity contribution in [2.45, 2.75) is 6.92 Å². The van der Waals surface area contributed by atoms with E-state index in [9.17, 15) is 5.11 Å². The summed E-state index contributed by atoms with van der Waals surface area (Å²) in [5, 5.41) is 16.8. The minimum Gasteiger partial charge on any atom is -0.507 e. The number of aromatic nitrogens is 1. The molecule has 3 aromatic rings. The first kappa shape index (κ1) is 20.5. The van der Waals surface area contributed by atoms with Gasteiger partial charge in [-0.15, -0.1) is 11.3 Å². The number of nitrogens with zero attached hydrogens (tertiary/aromatic N) is 3. The van der Waals surface area contributed by atoms with Crippen molar-refractivity contribution in [3.63, 3.8) is 0 Å². The van der Waals surface area contributed by atoms with Gasteiger partial charge in [0.1, 0.15) is 23.0 Å². The summed E-state index contributed by atoms with van der Waals surface area (Å²) in [6, 6.07) is 10.7. The Morgan fingerprint density at radius 3 is 2.55 bits per heavy atom. The van der Waals surface area contributed by atoms with Gasteiger partial charge in [-0.25, -0.2) is 4.68 Å². The second-order valence-electron chi connectivity index (χ2n) is 5.90. The summed E-state index contributed by atoms with van der Waals surface area (Å²) in [6.45, 7) is 2.43. The zero-order valence-corrected chi connectivity index (χ0v) is 17.6. The molecule has 7 nitrogen and oxygen atoms in total. The van der Waals surface area contributed by atoms with Gasteiger partial charge in [0.25, 0.3) is 0 Å². The average Bonchev–Trinajstić information content (AvgIpc) is 3.15. The van der Waals surface area contributed by atoms with Gasteiger partial charge in [0.2, 0.25) is 4.80 Å². The quantitative estimate of drug-likeness (QED) is 0.599. The summed E-state index contributed by atoms with van der Waals surface area (Å²) >= 11 is 1.46. The van der Waals surface area contributed by atoms with Gasteiger partial charge in [-0.2, -0.15) is 5.10 Å². The molecule has 1 aromatic heterocycles. The zero-order valence-electron chi connectivity index (χ0n) is 16.7. The van der Waals surface area contributed by atoms with Crippen molar-refractivity contribution in [2.24, 2.45) is 10.1 Å². The lowest BCUT2D eigenvalue weighted by atomic mass is 10.1. The Hall–Kier alpha value is -3.26. The Balaban J connectivity index is 2.06. The first-order valence-electron chi connectivity index (χ1n) is 8.97. The van der Waals surface area contributed by atoms with Gasteiger partial charge in [0.15, 0.2) is 0 Å². The maximum Gasteiger partial charge on any atom is 0.205 e. The number of hydrogen-bond acceptors (Lipinski definition) is 7. The molecule has 29 heavy (non-hydrogen) atoms. The monoisotopic (exact) mass is 413 g/mol. The molecule has 2 aromatic carbocycles. The van der Waals surface area contributed by atoms with Crippen molar-refractivity contribution in [2.75, 3.05) is 27.9 Å². The molecular formula is C21H23N3O4S. The van der Waals surface area contributed by atoms with Crippen LogP contribution in [0.25, 0.3) is 11.3 Å². The fourth-order valence-corrected chi connectivity index (χ4v) is 3.57. The molecule has 8 heteroatoms. The summed E-state index contributed by atoms with van der Waals surface area (Å²) in [5.74, 6) is 2.10. The van der Waals surface area contributed by atoms with Crippen LogP contribution in [-0.2, 0) is 0 Å². The van der Waals surface area contributed by atoms with Gasteiger partial charge < -0.3 is 19.3 Å². The smallest absolute Gasteiger partial charge is 0.205 e. The number of hydrogen-bond donors (Lipinski definition) is 1. The number of phenols is 1. The highest BCUT2D eigenvalue weighted by Crippen LogP contribution is 2.33. The maximum atomic E-state index is 10.3. The van der Waals surface area contributed by atoms with E-state index in [4.69, 9.17) is 14.2 Å². The minimum atomic E-state index is 0.0889. The number of aromatic hydroxyl groups is 1. The number of benzene rings is 2. The van der Waals surface area contributed by atoms with Gasteiger partial charge in [-0.05, 0) is 37.3 Å². The molecule has 0 amide bonds. The fraction of sp³-hybridized carbons (Fsp3) is 0.238. The van der Waals surface area contributed by atoms with E-state index < -0.39 is 0 Å². The van der Waals surface area contributed by atoms with Gasteiger partial charge in [0, 0.05) is 29.6 Å². The molecule has 0 saturated heterocycles. The van der Waals surface area contributed by atoms with Crippen LogP contribution in [-0.4, -0.2) is 43.9 Å². The van der Waals surface area contributed by atoms with Crippen LogP contribution in [0.15, 0.2) is 51.9 Å². The van der Waals surface area contributed by atoms with Crippen LogP contribution in [0.5, 0.6) is 23.0 Å². The molecule has 0 spiro atoms. The van der Waals surface area contributed by atoms with E-state index in [-0.39, 0.29) is 5.75 Å². The molecule has 1 heterocycles. The maximum absolute atomic E-state index is 10.3. The van der Waals surface area contributed by atoms with Gasteiger partial charge in [-0.3, -0.25) is 4.99 Å². The molecule has 0 unspecified atom stereocenters. The lowest BCUT2D eigenvalue weighted by molar-refractivity contribution is 0.337. The van der Waals surface area contributed by atoms with Crippen molar-refractivity contribution in [3.8, 4) is 34.3 Å². The third-order valence-corrected chi connectivity index (χ3v) is 5.09. The van der Waals surface area contributed by atoms with Crippen LogP contribution in [0.3, 0.4) is 0 Å². The molecule has 3 rings (SSSR count). The van der Waals surface area contributed by atoms with Gasteiger partial charge >= 0.3 is 0 Å². The number of thiazole rings is 1. The van der Waals surface area contributed by atoms with Crippen LogP contribution in [0, 0.1) is 0 Å². The standard InChI is InChI=1S/C21H23N3O4S/c1-5-28-16-7-6-14(19(25)11-16)12-23-24-18(13-29-21(24)22-2)17-10-15(26-3)8-9-20(17)27-4/h6-13,25H,5H2,1-4H3. The van der Waals surface area contributed by atoms with Crippen molar-refractivity contribution in [1.82, 2.24) is 4.68 Å². The summed E-state index contributed by atoms with van der Waals surface area (Å²) in [5.41, 5.74) is 2.19. The molecule has 0 aliphatic heterocycles. The molecule has 0 atom stereocenters. The van der Waals surface area contributed by atoms with E-state index in [0.717, 1.165) is 11.3 Å². The van der Waals surface area contributed by atoms with Gasteiger partial charge in [-0.1, -0.05) is 0 Å². The Kier molecular flexibility index (Phi) is 6.56. The highest BCUT2D eigenvalue weighted by atomic mass is 32.1. The van der Waals surface area contributed by atoms with Crippen LogP contribution in [0.1, 0.15) is 12.5 Å². The van der Waals surface area contributed by atoms with Crippen LogP contribution >= 0.6 is 11.3 Å². The number of rotatable bonds is 7. The van der Waals surface area contributed by atoms with E-state index in [2.05, 4.69) is 10.1 Å². The fourth-order valence-electron chi connectivity index (χ4n) is 2.77. The second kappa shape index (κ2) is 9.29. The number of methoxy groups -OCH3 is 2. The van der Waals surface area contributed by atoms with Crippen molar-refractivity contribution in [1.29, 1.82) is 0 Å². The Labute approximate surface area is 173 Å². The van der Waals surface area contributed by atoms with Crippen molar-refractivity contribution in [3.05, 3.63) is 52.1 Å². The molecule has 1 N–H and O–H groups in total.